The Kier molecular flexibility index (Phi) is 6.04. The van der Waals surface area contributed by atoms with Crippen LogP contribution in [0.5, 0.6) is 5.75 Å². The van der Waals surface area contributed by atoms with Gasteiger partial charge in [0.1, 0.15) is 11.4 Å². The number of aromatic nitrogens is 2. The molecule has 1 aliphatic rings. The molecule has 1 atom stereocenters. The number of nitrogens with one attached hydrogen (secondary N) is 2. The second-order valence-electron chi connectivity index (χ2n) is 7.70. The van der Waals surface area contributed by atoms with E-state index in [1.807, 2.05) is 23.0 Å². The maximum atomic E-state index is 6.13. The van der Waals surface area contributed by atoms with Crippen LogP contribution in [0.25, 0.3) is 0 Å². The first-order chi connectivity index (χ1) is 13.0. The Morgan fingerprint density at radius 3 is 2.93 bits per heavy atom. The summed E-state index contributed by atoms with van der Waals surface area (Å²) in [4.78, 5) is 4.76. The lowest BCUT2D eigenvalue weighted by Gasteiger charge is -2.38. The molecule has 1 unspecified atom stereocenters. The lowest BCUT2D eigenvalue weighted by molar-refractivity contribution is 0.0694. The summed E-state index contributed by atoms with van der Waals surface area (Å²) in [5.41, 5.74) is 2.17. The topological polar surface area (TPSA) is 63.5 Å². The predicted molar refractivity (Wildman–Crippen MR) is 109 cm³/mol. The molecule has 0 bridgehead atoms. The molecule has 0 radical (unpaired) electrons. The molecule has 1 aromatic heterocycles. The standard InChI is InChI=1S/C21H31N5O/c1-5-22-20(23-11-8-12-26-15-16(2)14-24-26)25-18-13-21(3,4)27-19-10-7-6-9-17(18)19/h6-7,9-10,14-15,18H,5,8,11-13H2,1-4H3,(H2,22,23,25). The van der Waals surface area contributed by atoms with Crippen molar-refractivity contribution in [1.29, 1.82) is 0 Å². The van der Waals surface area contributed by atoms with Crippen molar-refractivity contribution in [2.45, 2.75) is 58.7 Å². The lowest BCUT2D eigenvalue weighted by atomic mass is 9.90. The number of para-hydroxylation sites is 1. The van der Waals surface area contributed by atoms with Crippen LogP contribution >= 0.6 is 0 Å². The third kappa shape index (κ3) is 5.25. The minimum Gasteiger partial charge on any atom is -0.487 e. The van der Waals surface area contributed by atoms with Gasteiger partial charge in [-0.25, -0.2) is 0 Å². The molecule has 2 aromatic rings. The SMILES string of the molecule is CCNC(=NCCCn1cc(C)cn1)NC1CC(C)(C)Oc2ccccc21. The van der Waals surface area contributed by atoms with Gasteiger partial charge in [0.25, 0.3) is 0 Å². The largest absolute Gasteiger partial charge is 0.487 e. The van der Waals surface area contributed by atoms with Crippen molar-refractivity contribution in [2.24, 2.45) is 4.99 Å². The van der Waals surface area contributed by atoms with E-state index in [1.165, 1.54) is 11.1 Å². The Balaban J connectivity index is 1.64. The molecule has 0 saturated carbocycles. The van der Waals surface area contributed by atoms with Crippen molar-refractivity contribution in [3.63, 3.8) is 0 Å². The number of nitrogens with zero attached hydrogens (tertiary/aromatic N) is 3. The van der Waals surface area contributed by atoms with Gasteiger partial charge in [-0.2, -0.15) is 5.10 Å². The van der Waals surface area contributed by atoms with Crippen molar-refractivity contribution in [3.8, 4) is 5.75 Å². The molecule has 27 heavy (non-hydrogen) atoms. The summed E-state index contributed by atoms with van der Waals surface area (Å²) in [5, 5.41) is 11.3. The molecule has 0 saturated heterocycles. The number of benzene rings is 1. The smallest absolute Gasteiger partial charge is 0.191 e. The molecule has 1 aliphatic heterocycles. The van der Waals surface area contributed by atoms with Crippen molar-refractivity contribution < 1.29 is 4.74 Å². The van der Waals surface area contributed by atoms with Crippen LogP contribution < -0.4 is 15.4 Å². The number of hydrogen-bond donors (Lipinski definition) is 2. The van der Waals surface area contributed by atoms with Gasteiger partial charge < -0.3 is 15.4 Å². The monoisotopic (exact) mass is 369 g/mol. The molecule has 2 heterocycles. The fourth-order valence-corrected chi connectivity index (χ4v) is 3.43. The van der Waals surface area contributed by atoms with Crippen molar-refractivity contribution in [2.75, 3.05) is 13.1 Å². The van der Waals surface area contributed by atoms with Gasteiger partial charge in [-0.15, -0.1) is 0 Å². The van der Waals surface area contributed by atoms with Crippen molar-refractivity contribution in [1.82, 2.24) is 20.4 Å². The highest BCUT2D eigenvalue weighted by molar-refractivity contribution is 5.80. The summed E-state index contributed by atoms with van der Waals surface area (Å²) < 4.78 is 8.11. The Morgan fingerprint density at radius 2 is 2.19 bits per heavy atom. The zero-order chi connectivity index (χ0) is 19.3. The highest BCUT2D eigenvalue weighted by Gasteiger charge is 2.33. The molecule has 1 aromatic carbocycles. The highest BCUT2D eigenvalue weighted by Crippen LogP contribution is 2.39. The van der Waals surface area contributed by atoms with Gasteiger partial charge >= 0.3 is 0 Å². The molecule has 6 nitrogen and oxygen atoms in total. The molecular weight excluding hydrogens is 338 g/mol. The number of rotatable bonds is 6. The van der Waals surface area contributed by atoms with E-state index in [-0.39, 0.29) is 11.6 Å². The third-order valence-corrected chi connectivity index (χ3v) is 4.61. The summed E-state index contributed by atoms with van der Waals surface area (Å²) >= 11 is 0. The predicted octanol–water partition coefficient (Wildman–Crippen LogP) is 3.44. The molecule has 3 rings (SSSR count). The van der Waals surface area contributed by atoms with Crippen LogP contribution in [0.1, 0.15) is 50.8 Å². The first-order valence-corrected chi connectivity index (χ1v) is 9.79. The van der Waals surface area contributed by atoms with E-state index in [1.54, 1.807) is 0 Å². The number of hydrogen-bond acceptors (Lipinski definition) is 3. The van der Waals surface area contributed by atoms with Gasteiger partial charge in [0.15, 0.2) is 5.96 Å². The van der Waals surface area contributed by atoms with Crippen LogP contribution in [0.3, 0.4) is 0 Å². The minimum atomic E-state index is -0.207. The average Bonchev–Trinajstić information content (AvgIpc) is 3.03. The minimum absolute atomic E-state index is 0.177. The maximum Gasteiger partial charge on any atom is 0.191 e. The lowest BCUT2D eigenvalue weighted by Crippen LogP contribution is -2.45. The van der Waals surface area contributed by atoms with E-state index in [2.05, 4.69) is 61.8 Å². The van der Waals surface area contributed by atoms with Gasteiger partial charge in [0.2, 0.25) is 0 Å². The molecule has 146 valence electrons. The number of fused-ring (bicyclic) bond motifs is 1. The van der Waals surface area contributed by atoms with Crippen molar-refractivity contribution in [3.05, 3.63) is 47.8 Å². The Morgan fingerprint density at radius 1 is 1.37 bits per heavy atom. The summed E-state index contributed by atoms with van der Waals surface area (Å²) in [6, 6.07) is 8.43. The summed E-state index contributed by atoms with van der Waals surface area (Å²) in [6.07, 6.45) is 5.79. The second kappa shape index (κ2) is 8.46. The normalized spacial score (nSPS) is 18.5. The van der Waals surface area contributed by atoms with E-state index in [9.17, 15) is 0 Å². The highest BCUT2D eigenvalue weighted by atomic mass is 16.5. The summed E-state index contributed by atoms with van der Waals surface area (Å²) in [6.45, 7) is 10.9. The molecule has 0 aliphatic carbocycles. The maximum absolute atomic E-state index is 6.13. The Labute approximate surface area is 162 Å². The third-order valence-electron chi connectivity index (χ3n) is 4.61. The fraction of sp³-hybridized carbons (Fsp3) is 0.524. The number of aliphatic imine (C=N–C) groups is 1. The fourth-order valence-electron chi connectivity index (χ4n) is 3.43. The van der Waals surface area contributed by atoms with Crippen LogP contribution in [0.4, 0.5) is 0 Å². The molecule has 0 fully saturated rings. The van der Waals surface area contributed by atoms with E-state index < -0.39 is 0 Å². The van der Waals surface area contributed by atoms with Crippen LogP contribution in [-0.4, -0.2) is 34.4 Å². The van der Waals surface area contributed by atoms with E-state index >= 15 is 0 Å². The van der Waals surface area contributed by atoms with Crippen LogP contribution in [0, 0.1) is 6.92 Å². The Hall–Kier alpha value is -2.50. The average molecular weight is 370 g/mol. The zero-order valence-corrected chi connectivity index (χ0v) is 16.8. The van der Waals surface area contributed by atoms with Gasteiger partial charge in [-0.05, 0) is 45.7 Å². The number of guanidine groups is 1. The Bertz CT molecular complexity index is 780. The summed E-state index contributed by atoms with van der Waals surface area (Å²) in [5.74, 6) is 1.81. The second-order valence-corrected chi connectivity index (χ2v) is 7.70. The first-order valence-electron chi connectivity index (χ1n) is 9.79. The van der Waals surface area contributed by atoms with Crippen LogP contribution in [0.15, 0.2) is 41.7 Å². The molecule has 2 N–H and O–H groups in total. The molecule has 6 heteroatoms. The van der Waals surface area contributed by atoms with E-state index in [4.69, 9.17) is 9.73 Å². The van der Waals surface area contributed by atoms with Gasteiger partial charge in [0, 0.05) is 37.8 Å². The van der Waals surface area contributed by atoms with Crippen LogP contribution in [-0.2, 0) is 6.54 Å². The zero-order valence-electron chi connectivity index (χ0n) is 16.8. The molecule has 0 amide bonds. The van der Waals surface area contributed by atoms with E-state index in [0.717, 1.165) is 44.2 Å². The molecular formula is C21H31N5O. The van der Waals surface area contributed by atoms with Gasteiger partial charge in [-0.1, -0.05) is 18.2 Å². The number of ether oxygens (including phenoxy) is 1. The molecule has 0 spiro atoms. The van der Waals surface area contributed by atoms with E-state index in [0.29, 0.717) is 0 Å². The number of aryl methyl sites for hydroxylation is 2. The van der Waals surface area contributed by atoms with Gasteiger partial charge in [-0.3, -0.25) is 9.67 Å². The van der Waals surface area contributed by atoms with Crippen LogP contribution in [0.2, 0.25) is 0 Å². The first kappa shape index (κ1) is 19.3. The summed E-state index contributed by atoms with van der Waals surface area (Å²) in [7, 11) is 0. The quantitative estimate of drug-likeness (QED) is 0.465. The van der Waals surface area contributed by atoms with Gasteiger partial charge in [0.05, 0.1) is 12.2 Å². The van der Waals surface area contributed by atoms with Crippen molar-refractivity contribution >= 4 is 5.96 Å².